The molecule has 0 bridgehead atoms. The van der Waals surface area contributed by atoms with Crippen LogP contribution in [-0.4, -0.2) is 17.6 Å². The van der Waals surface area contributed by atoms with Gasteiger partial charge in [0.1, 0.15) is 0 Å². The molecule has 1 aliphatic carbocycles. The summed E-state index contributed by atoms with van der Waals surface area (Å²) in [6.45, 7) is 2.21. The minimum Gasteiger partial charge on any atom is -0.338 e. The van der Waals surface area contributed by atoms with E-state index in [0.29, 0.717) is 12.4 Å². The summed E-state index contributed by atoms with van der Waals surface area (Å²) in [7, 11) is 0. The van der Waals surface area contributed by atoms with E-state index in [4.69, 9.17) is 10.3 Å². The molecule has 0 atom stereocenters. The van der Waals surface area contributed by atoms with Crippen molar-refractivity contribution >= 4 is 11.8 Å². The second-order valence-electron chi connectivity index (χ2n) is 4.83. The molecule has 1 heterocycles. The first kappa shape index (κ1) is 12.1. The van der Waals surface area contributed by atoms with Gasteiger partial charge in [0.2, 0.25) is 11.8 Å². The topological polar surface area (TPSA) is 81.2 Å². The first-order valence-electron chi connectivity index (χ1n) is 6.11. The summed E-state index contributed by atoms with van der Waals surface area (Å²) in [6, 6.07) is 1.71. The molecule has 5 nitrogen and oxygen atoms in total. The molecule has 1 aromatic rings. The van der Waals surface area contributed by atoms with E-state index < -0.39 is 5.41 Å². The van der Waals surface area contributed by atoms with Crippen molar-refractivity contribution < 1.29 is 9.32 Å². The predicted octanol–water partition coefficient (Wildman–Crippen LogP) is 1.83. The molecule has 1 aromatic heterocycles. The van der Waals surface area contributed by atoms with Crippen LogP contribution in [0, 0.1) is 12.3 Å². The van der Waals surface area contributed by atoms with Crippen molar-refractivity contribution in [1.82, 2.24) is 5.16 Å². The Balaban J connectivity index is 2.07. The number of carbonyl (C=O) groups excluding carboxylic acids is 1. The highest BCUT2D eigenvalue weighted by Gasteiger charge is 2.38. The summed E-state index contributed by atoms with van der Waals surface area (Å²) in [6.07, 6.45) is 5.06. The number of nitrogens with two attached hydrogens (primary N) is 1. The van der Waals surface area contributed by atoms with Crippen molar-refractivity contribution in [3.8, 4) is 0 Å². The molecular weight excluding hydrogens is 218 g/mol. The van der Waals surface area contributed by atoms with E-state index in [-0.39, 0.29) is 5.91 Å². The third-order valence-corrected chi connectivity index (χ3v) is 3.55. The van der Waals surface area contributed by atoms with Crippen molar-refractivity contribution in [2.24, 2.45) is 11.1 Å². The van der Waals surface area contributed by atoms with Crippen molar-refractivity contribution in [1.29, 1.82) is 0 Å². The number of amides is 1. The number of nitrogens with zero attached hydrogens (tertiary/aromatic N) is 1. The zero-order chi connectivity index (χ0) is 12.3. The fraction of sp³-hybridized carbons (Fsp3) is 0.667. The Labute approximate surface area is 101 Å². The fourth-order valence-electron chi connectivity index (χ4n) is 2.42. The lowest BCUT2D eigenvalue weighted by Crippen LogP contribution is -2.43. The third kappa shape index (κ3) is 2.49. The maximum Gasteiger partial charge on any atom is 0.234 e. The third-order valence-electron chi connectivity index (χ3n) is 3.55. The Kier molecular flexibility index (Phi) is 3.47. The van der Waals surface area contributed by atoms with Gasteiger partial charge in [-0.05, 0) is 19.8 Å². The number of hydrogen-bond donors (Lipinski definition) is 2. The minimum absolute atomic E-state index is 0.0316. The summed E-state index contributed by atoms with van der Waals surface area (Å²) < 4.78 is 4.99. The Morgan fingerprint density at radius 3 is 2.76 bits per heavy atom. The summed E-state index contributed by atoms with van der Waals surface area (Å²) >= 11 is 0. The average molecular weight is 237 g/mol. The second-order valence-corrected chi connectivity index (χ2v) is 4.83. The molecule has 3 N–H and O–H groups in total. The van der Waals surface area contributed by atoms with Gasteiger partial charge in [0.05, 0.1) is 11.1 Å². The van der Waals surface area contributed by atoms with E-state index >= 15 is 0 Å². The minimum atomic E-state index is -0.418. The van der Waals surface area contributed by atoms with Crippen LogP contribution in [0.3, 0.4) is 0 Å². The summed E-state index contributed by atoms with van der Waals surface area (Å²) in [5.41, 5.74) is 6.13. The number of aryl methyl sites for hydroxylation is 1. The number of rotatable bonds is 3. The molecule has 0 saturated heterocycles. The van der Waals surface area contributed by atoms with Crippen molar-refractivity contribution in [3.63, 3.8) is 0 Å². The van der Waals surface area contributed by atoms with Crippen LogP contribution in [0.4, 0.5) is 5.88 Å². The molecule has 2 rings (SSSR count). The Hall–Kier alpha value is -1.36. The lowest BCUT2D eigenvalue weighted by atomic mass is 9.73. The van der Waals surface area contributed by atoms with E-state index in [9.17, 15) is 4.79 Å². The van der Waals surface area contributed by atoms with Crippen LogP contribution >= 0.6 is 0 Å². The first-order chi connectivity index (χ1) is 8.16. The number of hydrogen-bond acceptors (Lipinski definition) is 4. The van der Waals surface area contributed by atoms with E-state index in [1.54, 1.807) is 6.07 Å². The smallest absolute Gasteiger partial charge is 0.234 e. The zero-order valence-corrected chi connectivity index (χ0v) is 10.2. The molecular formula is C12H19N3O2. The van der Waals surface area contributed by atoms with E-state index in [0.717, 1.165) is 31.4 Å². The van der Waals surface area contributed by atoms with Crippen LogP contribution in [0.2, 0.25) is 0 Å². The van der Waals surface area contributed by atoms with Gasteiger partial charge in [0.15, 0.2) is 0 Å². The van der Waals surface area contributed by atoms with E-state index in [1.807, 2.05) is 6.92 Å². The van der Waals surface area contributed by atoms with Crippen molar-refractivity contribution in [2.75, 3.05) is 11.9 Å². The number of carbonyl (C=O) groups is 1. The second kappa shape index (κ2) is 4.87. The van der Waals surface area contributed by atoms with Gasteiger partial charge in [-0.25, -0.2) is 0 Å². The number of aromatic nitrogens is 1. The lowest BCUT2D eigenvalue weighted by molar-refractivity contribution is -0.127. The molecule has 5 heteroatoms. The Morgan fingerprint density at radius 1 is 1.53 bits per heavy atom. The van der Waals surface area contributed by atoms with Gasteiger partial charge in [-0.3, -0.25) is 10.1 Å². The summed E-state index contributed by atoms with van der Waals surface area (Å²) in [5, 5.41) is 6.52. The van der Waals surface area contributed by atoms with Gasteiger partial charge >= 0.3 is 0 Å². The van der Waals surface area contributed by atoms with Gasteiger partial charge in [-0.2, -0.15) is 0 Å². The predicted molar refractivity (Wildman–Crippen MR) is 64.4 cm³/mol. The maximum atomic E-state index is 12.3. The van der Waals surface area contributed by atoms with Crippen LogP contribution in [0.15, 0.2) is 10.6 Å². The monoisotopic (exact) mass is 237 g/mol. The quantitative estimate of drug-likeness (QED) is 0.840. The Morgan fingerprint density at radius 2 is 2.24 bits per heavy atom. The van der Waals surface area contributed by atoms with Crippen LogP contribution < -0.4 is 11.1 Å². The van der Waals surface area contributed by atoms with Crippen molar-refractivity contribution in [3.05, 3.63) is 11.8 Å². The first-order valence-corrected chi connectivity index (χ1v) is 6.11. The van der Waals surface area contributed by atoms with Gasteiger partial charge in [0, 0.05) is 12.6 Å². The molecule has 0 aliphatic heterocycles. The fourth-order valence-corrected chi connectivity index (χ4v) is 2.42. The molecule has 94 valence electrons. The van der Waals surface area contributed by atoms with Gasteiger partial charge in [-0.15, -0.1) is 0 Å². The van der Waals surface area contributed by atoms with Gasteiger partial charge in [-0.1, -0.05) is 24.4 Å². The van der Waals surface area contributed by atoms with Crippen molar-refractivity contribution in [2.45, 2.75) is 39.0 Å². The Bertz CT molecular complexity index is 394. The molecule has 0 aromatic carbocycles. The number of anilines is 1. The van der Waals surface area contributed by atoms with Crippen LogP contribution in [-0.2, 0) is 4.79 Å². The summed E-state index contributed by atoms with van der Waals surface area (Å²) in [5.74, 6) is 0.377. The highest BCUT2D eigenvalue weighted by Crippen LogP contribution is 2.36. The molecule has 1 aliphatic rings. The summed E-state index contributed by atoms with van der Waals surface area (Å²) in [4.78, 5) is 12.3. The molecule has 0 radical (unpaired) electrons. The highest BCUT2D eigenvalue weighted by atomic mass is 16.5. The zero-order valence-electron chi connectivity index (χ0n) is 10.2. The van der Waals surface area contributed by atoms with Crippen LogP contribution in [0.1, 0.15) is 37.8 Å². The maximum absolute atomic E-state index is 12.3. The van der Waals surface area contributed by atoms with E-state index in [1.165, 1.54) is 6.42 Å². The molecule has 0 spiro atoms. The van der Waals surface area contributed by atoms with E-state index in [2.05, 4.69) is 10.5 Å². The average Bonchev–Trinajstić information content (AvgIpc) is 2.75. The van der Waals surface area contributed by atoms with Gasteiger partial charge in [0.25, 0.3) is 0 Å². The van der Waals surface area contributed by atoms with Crippen LogP contribution in [0.5, 0.6) is 0 Å². The van der Waals surface area contributed by atoms with Gasteiger partial charge < -0.3 is 10.3 Å². The molecule has 0 unspecified atom stereocenters. The normalized spacial score (nSPS) is 18.9. The lowest BCUT2D eigenvalue weighted by Gasteiger charge is -2.34. The molecule has 1 saturated carbocycles. The highest BCUT2D eigenvalue weighted by molar-refractivity contribution is 5.94. The molecule has 17 heavy (non-hydrogen) atoms. The standard InChI is InChI=1S/C12H19N3O2/c1-9-7-10(17-15-9)14-11(16)12(8-13)5-3-2-4-6-12/h7H,2-6,8,13H2,1H3,(H,14,16). The number of nitrogens with one attached hydrogen (secondary N) is 1. The SMILES string of the molecule is Cc1cc(NC(=O)C2(CN)CCCCC2)on1. The van der Waals surface area contributed by atoms with Crippen LogP contribution in [0.25, 0.3) is 0 Å². The molecule has 1 amide bonds. The largest absolute Gasteiger partial charge is 0.338 e. The molecule has 1 fully saturated rings.